The standard InChI is InChI=1S/C29H30N2O5.H2/c1-19-4-10-23(17-24(19)20-5-7-21(8-6-20)27(32)30-14-3-15-34-2)31-28(33)29(12-13-29)22-9-11-25-26(16-22)36-18-35-25;/h4-11,16-17H,3,12-15,18H2,1-2H3,(H,30,32)(H,31,33);1H. The molecule has 3 aromatic rings. The summed E-state index contributed by atoms with van der Waals surface area (Å²) < 4.78 is 15.9. The molecule has 1 heterocycles. The second kappa shape index (κ2) is 10.0. The number of methoxy groups -OCH3 is 1. The minimum atomic E-state index is -0.537. The van der Waals surface area contributed by atoms with Crippen molar-refractivity contribution in [3.8, 4) is 22.6 Å². The van der Waals surface area contributed by atoms with E-state index >= 15 is 0 Å². The highest BCUT2D eigenvalue weighted by Crippen LogP contribution is 2.51. The Hall–Kier alpha value is -3.84. The molecular formula is C29H32N2O5. The fourth-order valence-electron chi connectivity index (χ4n) is 4.55. The third-order valence-electron chi connectivity index (χ3n) is 6.87. The topological polar surface area (TPSA) is 85.9 Å². The van der Waals surface area contributed by atoms with Gasteiger partial charge in [0.2, 0.25) is 12.7 Å². The summed E-state index contributed by atoms with van der Waals surface area (Å²) in [5.74, 6) is 1.29. The first-order valence-corrected chi connectivity index (χ1v) is 12.2. The summed E-state index contributed by atoms with van der Waals surface area (Å²) in [4.78, 5) is 25.7. The van der Waals surface area contributed by atoms with E-state index in [-0.39, 0.29) is 20.0 Å². The van der Waals surface area contributed by atoms with E-state index in [9.17, 15) is 9.59 Å². The molecule has 7 nitrogen and oxygen atoms in total. The Balaban J connectivity index is 0.00000320. The molecule has 0 unspecified atom stereocenters. The number of carbonyl (C=O) groups is 2. The molecule has 0 atom stereocenters. The highest BCUT2D eigenvalue weighted by molar-refractivity contribution is 6.02. The number of aryl methyl sites for hydroxylation is 1. The molecule has 1 fully saturated rings. The smallest absolute Gasteiger partial charge is 0.251 e. The third-order valence-corrected chi connectivity index (χ3v) is 6.87. The normalized spacial score (nSPS) is 14.8. The lowest BCUT2D eigenvalue weighted by atomic mass is 9.94. The number of anilines is 1. The minimum absolute atomic E-state index is 0. The monoisotopic (exact) mass is 488 g/mol. The zero-order valence-corrected chi connectivity index (χ0v) is 20.6. The number of ether oxygens (including phenoxy) is 3. The number of carbonyl (C=O) groups excluding carboxylic acids is 2. The van der Waals surface area contributed by atoms with Crippen molar-refractivity contribution in [1.29, 1.82) is 0 Å². The molecule has 0 saturated heterocycles. The van der Waals surface area contributed by atoms with E-state index in [1.165, 1.54) is 0 Å². The van der Waals surface area contributed by atoms with Gasteiger partial charge in [-0.25, -0.2) is 0 Å². The van der Waals surface area contributed by atoms with Gasteiger partial charge in [0.05, 0.1) is 5.41 Å². The van der Waals surface area contributed by atoms with Gasteiger partial charge in [-0.1, -0.05) is 24.3 Å². The van der Waals surface area contributed by atoms with Gasteiger partial charge in [-0.3, -0.25) is 9.59 Å². The third kappa shape index (κ3) is 4.79. The predicted octanol–water partition coefficient (Wildman–Crippen LogP) is 5.07. The summed E-state index contributed by atoms with van der Waals surface area (Å²) >= 11 is 0. The number of benzene rings is 3. The molecule has 5 rings (SSSR count). The van der Waals surface area contributed by atoms with Gasteiger partial charge < -0.3 is 24.8 Å². The predicted molar refractivity (Wildman–Crippen MR) is 140 cm³/mol. The quantitative estimate of drug-likeness (QED) is 0.411. The first-order chi connectivity index (χ1) is 17.5. The maximum atomic E-state index is 13.3. The summed E-state index contributed by atoms with van der Waals surface area (Å²) in [6.45, 7) is 3.43. The van der Waals surface area contributed by atoms with E-state index < -0.39 is 5.41 Å². The second-order valence-corrected chi connectivity index (χ2v) is 9.31. The molecule has 1 saturated carbocycles. The zero-order valence-electron chi connectivity index (χ0n) is 20.6. The van der Waals surface area contributed by atoms with E-state index in [0.717, 1.165) is 47.2 Å². The van der Waals surface area contributed by atoms with Crippen LogP contribution in [0, 0.1) is 6.92 Å². The van der Waals surface area contributed by atoms with E-state index in [2.05, 4.69) is 10.6 Å². The van der Waals surface area contributed by atoms with Crippen LogP contribution in [0.25, 0.3) is 11.1 Å². The maximum absolute atomic E-state index is 13.3. The van der Waals surface area contributed by atoms with Gasteiger partial charge >= 0.3 is 0 Å². The first-order valence-electron chi connectivity index (χ1n) is 12.2. The van der Waals surface area contributed by atoms with Crippen LogP contribution < -0.4 is 20.1 Å². The van der Waals surface area contributed by atoms with Gasteiger partial charge in [-0.15, -0.1) is 0 Å². The molecule has 0 spiro atoms. The lowest BCUT2D eigenvalue weighted by Crippen LogP contribution is -2.27. The molecule has 2 aliphatic rings. The lowest BCUT2D eigenvalue weighted by molar-refractivity contribution is -0.118. The van der Waals surface area contributed by atoms with Gasteiger partial charge in [0.15, 0.2) is 11.5 Å². The Morgan fingerprint density at radius 1 is 1.00 bits per heavy atom. The molecular weight excluding hydrogens is 456 g/mol. The Kier molecular flexibility index (Phi) is 6.65. The zero-order chi connectivity index (χ0) is 25.1. The molecule has 0 radical (unpaired) electrons. The fraction of sp³-hybridized carbons (Fsp3) is 0.310. The van der Waals surface area contributed by atoms with Crippen molar-refractivity contribution in [2.45, 2.75) is 31.6 Å². The largest absolute Gasteiger partial charge is 0.454 e. The molecule has 2 amide bonds. The van der Waals surface area contributed by atoms with Crippen LogP contribution in [-0.4, -0.2) is 38.9 Å². The van der Waals surface area contributed by atoms with Crippen LogP contribution in [0.1, 0.15) is 42.2 Å². The van der Waals surface area contributed by atoms with Crippen LogP contribution in [0.3, 0.4) is 0 Å². The van der Waals surface area contributed by atoms with Gasteiger partial charge in [0.25, 0.3) is 5.91 Å². The Morgan fingerprint density at radius 3 is 2.53 bits per heavy atom. The maximum Gasteiger partial charge on any atom is 0.251 e. The van der Waals surface area contributed by atoms with E-state index in [4.69, 9.17) is 14.2 Å². The first kappa shape index (κ1) is 23.9. The highest BCUT2D eigenvalue weighted by atomic mass is 16.7. The van der Waals surface area contributed by atoms with Crippen LogP contribution in [0.2, 0.25) is 0 Å². The number of fused-ring (bicyclic) bond motifs is 1. The van der Waals surface area contributed by atoms with Crippen LogP contribution in [-0.2, 0) is 14.9 Å². The molecule has 36 heavy (non-hydrogen) atoms. The number of hydrogen-bond donors (Lipinski definition) is 2. The fourth-order valence-corrected chi connectivity index (χ4v) is 4.55. The van der Waals surface area contributed by atoms with Crippen molar-refractivity contribution in [2.75, 3.05) is 32.4 Å². The summed E-state index contributed by atoms with van der Waals surface area (Å²) in [6, 6.07) is 19.2. The van der Waals surface area contributed by atoms with Crippen molar-refractivity contribution in [3.63, 3.8) is 0 Å². The summed E-state index contributed by atoms with van der Waals surface area (Å²) in [7, 11) is 1.65. The molecule has 188 valence electrons. The van der Waals surface area contributed by atoms with Crippen LogP contribution in [0.4, 0.5) is 5.69 Å². The molecule has 2 N–H and O–H groups in total. The second-order valence-electron chi connectivity index (χ2n) is 9.31. The number of amides is 2. The van der Waals surface area contributed by atoms with Crippen molar-refractivity contribution >= 4 is 17.5 Å². The van der Waals surface area contributed by atoms with Crippen molar-refractivity contribution in [3.05, 3.63) is 77.4 Å². The number of rotatable bonds is 9. The molecule has 1 aliphatic carbocycles. The summed E-state index contributed by atoms with van der Waals surface area (Å²) in [5, 5.41) is 6.03. The van der Waals surface area contributed by atoms with E-state index in [1.807, 2.05) is 67.6 Å². The van der Waals surface area contributed by atoms with Gasteiger partial charge in [0, 0.05) is 32.9 Å². The van der Waals surface area contributed by atoms with Gasteiger partial charge in [-0.2, -0.15) is 0 Å². The molecule has 7 heteroatoms. The van der Waals surface area contributed by atoms with Crippen molar-refractivity contribution < 1.29 is 25.2 Å². The van der Waals surface area contributed by atoms with Crippen LogP contribution in [0.15, 0.2) is 60.7 Å². The molecule has 0 bridgehead atoms. The van der Waals surface area contributed by atoms with Crippen molar-refractivity contribution in [2.24, 2.45) is 0 Å². The average Bonchev–Trinajstić information content (AvgIpc) is 3.58. The van der Waals surface area contributed by atoms with E-state index in [0.29, 0.717) is 30.2 Å². The minimum Gasteiger partial charge on any atom is -0.454 e. The molecule has 1 aliphatic heterocycles. The van der Waals surface area contributed by atoms with E-state index in [1.54, 1.807) is 7.11 Å². The summed E-state index contributed by atoms with van der Waals surface area (Å²) in [5.41, 5.74) is 4.84. The average molecular weight is 489 g/mol. The van der Waals surface area contributed by atoms with Crippen molar-refractivity contribution in [1.82, 2.24) is 5.32 Å². The Labute approximate surface area is 212 Å². The van der Waals surface area contributed by atoms with Gasteiger partial charge in [0.1, 0.15) is 0 Å². The lowest BCUT2D eigenvalue weighted by Gasteiger charge is -2.17. The molecule has 0 aromatic heterocycles. The Bertz CT molecular complexity index is 1290. The highest BCUT2D eigenvalue weighted by Gasteiger charge is 2.51. The SMILES string of the molecule is COCCCNC(=O)c1ccc(-c2cc(NC(=O)C3(c4ccc5c(c4)OCO5)CC3)ccc2C)cc1.[HH]. The number of nitrogens with one attached hydrogen (secondary N) is 2. The van der Waals surface area contributed by atoms with Crippen LogP contribution in [0.5, 0.6) is 11.5 Å². The molecule has 3 aromatic carbocycles. The summed E-state index contributed by atoms with van der Waals surface area (Å²) in [6.07, 6.45) is 2.37. The van der Waals surface area contributed by atoms with Gasteiger partial charge in [-0.05, 0) is 84.8 Å². The number of hydrogen-bond acceptors (Lipinski definition) is 5. The van der Waals surface area contributed by atoms with Crippen LogP contribution >= 0.6 is 0 Å². The Morgan fingerprint density at radius 2 is 1.78 bits per heavy atom.